The monoisotopic (exact) mass is 257 g/mol. The van der Waals surface area contributed by atoms with Crippen LogP contribution in [0.3, 0.4) is 0 Å². The van der Waals surface area contributed by atoms with E-state index in [1.165, 1.54) is 32.0 Å². The van der Waals surface area contributed by atoms with Gasteiger partial charge in [-0.25, -0.2) is 4.39 Å². The Bertz CT molecular complexity index is 471. The van der Waals surface area contributed by atoms with E-state index in [0.717, 1.165) is 0 Å². The number of nitrogens with zero attached hydrogens (tertiary/aromatic N) is 1. The van der Waals surface area contributed by atoms with Gasteiger partial charge >= 0.3 is 6.15 Å². The maximum absolute atomic E-state index is 13.0. The normalized spacial score (nSPS) is 12.7. The molecule has 0 radical (unpaired) electrons. The molecule has 0 aliphatic heterocycles. The van der Waals surface area contributed by atoms with Crippen LogP contribution in [-0.2, 0) is 15.1 Å². The Morgan fingerprint density at radius 2 is 2.00 bits per heavy atom. The Hall–Kier alpha value is -2.11. The first-order valence-electron chi connectivity index (χ1n) is 4.84. The van der Waals surface area contributed by atoms with Gasteiger partial charge in [-0.1, -0.05) is 0 Å². The molecule has 0 aromatic heterocycles. The highest BCUT2D eigenvalue weighted by molar-refractivity contribution is 5.28. The molecular formula is C11H12FNO5. The molecule has 0 fully saturated rings. The van der Waals surface area contributed by atoms with Gasteiger partial charge in [0.2, 0.25) is 0 Å². The third kappa shape index (κ3) is 3.44. The van der Waals surface area contributed by atoms with Crippen LogP contribution in [-0.4, -0.2) is 22.8 Å². The second kappa shape index (κ2) is 6.58. The fraction of sp³-hybridized carbons (Fsp3) is 0.364. The first kappa shape index (κ1) is 15.9. The minimum Gasteiger partial charge on any atom is -0.389 e. The number of nitro groups is 1. The van der Waals surface area contributed by atoms with E-state index in [-0.39, 0.29) is 6.15 Å². The molecule has 0 spiro atoms. The molecule has 0 aliphatic carbocycles. The molecule has 1 N–H and O–H groups in total. The van der Waals surface area contributed by atoms with Crippen molar-refractivity contribution < 1.29 is 24.0 Å². The molecule has 0 amide bonds. The predicted octanol–water partition coefficient (Wildman–Crippen LogP) is 1.03. The quantitative estimate of drug-likeness (QED) is 0.644. The smallest absolute Gasteiger partial charge is 0.373 e. The summed E-state index contributed by atoms with van der Waals surface area (Å²) in [6.07, 6.45) is 0.250. The molecule has 1 aromatic rings. The van der Waals surface area contributed by atoms with Crippen LogP contribution in [0.15, 0.2) is 18.2 Å². The number of aliphatic hydroxyl groups excluding tert-OH is 1. The van der Waals surface area contributed by atoms with Gasteiger partial charge in [-0.15, -0.1) is 0 Å². The Morgan fingerprint density at radius 3 is 2.33 bits per heavy atom. The van der Waals surface area contributed by atoms with E-state index < -0.39 is 22.9 Å². The lowest BCUT2D eigenvalue weighted by molar-refractivity contribution is -0.578. The van der Waals surface area contributed by atoms with Crippen LogP contribution in [0, 0.1) is 22.9 Å². The lowest BCUT2D eigenvalue weighted by Crippen LogP contribution is -2.35. The molecule has 1 aromatic carbocycles. The van der Waals surface area contributed by atoms with Crippen LogP contribution in [0.1, 0.15) is 18.1 Å². The summed E-state index contributed by atoms with van der Waals surface area (Å²) >= 11 is 0. The second-order valence-electron chi connectivity index (χ2n) is 3.74. The number of aryl methyl sites for hydroxylation is 1. The minimum absolute atomic E-state index is 0.250. The SMILES string of the molecule is Cc1cc(C(C)(CO)[N+](=O)[O-])ccc1F.O=C=O. The van der Waals surface area contributed by atoms with Crippen molar-refractivity contribution in [3.05, 3.63) is 45.3 Å². The lowest BCUT2D eigenvalue weighted by Gasteiger charge is -2.19. The number of aliphatic hydroxyl groups is 1. The number of halogens is 1. The third-order valence-electron chi connectivity index (χ3n) is 2.49. The summed E-state index contributed by atoms with van der Waals surface area (Å²) < 4.78 is 13.0. The Morgan fingerprint density at radius 1 is 1.50 bits per heavy atom. The largest absolute Gasteiger partial charge is 0.389 e. The average Bonchev–Trinajstić information content (AvgIpc) is 2.32. The Balaban J connectivity index is 0.000000873. The summed E-state index contributed by atoms with van der Waals surface area (Å²) in [5.41, 5.74) is -0.943. The summed E-state index contributed by atoms with van der Waals surface area (Å²) in [5.74, 6) is -0.414. The van der Waals surface area contributed by atoms with Crippen LogP contribution >= 0.6 is 0 Å². The van der Waals surface area contributed by atoms with Gasteiger partial charge in [-0.2, -0.15) is 9.59 Å². The zero-order chi connectivity index (χ0) is 14.3. The van der Waals surface area contributed by atoms with E-state index in [1.807, 2.05) is 0 Å². The first-order valence-corrected chi connectivity index (χ1v) is 4.84. The lowest BCUT2D eigenvalue weighted by atomic mass is 9.92. The number of hydrogen-bond acceptors (Lipinski definition) is 5. The van der Waals surface area contributed by atoms with Crippen LogP contribution in [0.2, 0.25) is 0 Å². The van der Waals surface area contributed by atoms with E-state index in [0.29, 0.717) is 11.1 Å². The van der Waals surface area contributed by atoms with Crippen molar-refractivity contribution in [2.45, 2.75) is 19.4 Å². The number of carbonyl (C=O) groups excluding carboxylic acids is 2. The Labute approximate surface area is 102 Å². The molecule has 0 aliphatic rings. The van der Waals surface area contributed by atoms with E-state index in [2.05, 4.69) is 0 Å². The van der Waals surface area contributed by atoms with Crippen molar-refractivity contribution in [2.75, 3.05) is 6.61 Å². The molecule has 6 nitrogen and oxygen atoms in total. The third-order valence-corrected chi connectivity index (χ3v) is 2.49. The molecular weight excluding hydrogens is 245 g/mol. The van der Waals surface area contributed by atoms with Crippen molar-refractivity contribution >= 4 is 6.15 Å². The Kier molecular flexibility index (Phi) is 5.81. The van der Waals surface area contributed by atoms with Crippen LogP contribution in [0.5, 0.6) is 0 Å². The summed E-state index contributed by atoms with van der Waals surface area (Å²) in [5, 5.41) is 19.8. The molecule has 0 heterocycles. The maximum atomic E-state index is 13.0. The number of rotatable bonds is 3. The van der Waals surface area contributed by atoms with Crippen LogP contribution < -0.4 is 0 Å². The van der Waals surface area contributed by atoms with Crippen molar-refractivity contribution in [1.82, 2.24) is 0 Å². The number of hydrogen-bond donors (Lipinski definition) is 1. The maximum Gasteiger partial charge on any atom is 0.373 e. The molecule has 98 valence electrons. The molecule has 18 heavy (non-hydrogen) atoms. The molecule has 1 unspecified atom stereocenters. The fourth-order valence-electron chi connectivity index (χ4n) is 1.23. The molecule has 1 atom stereocenters. The van der Waals surface area contributed by atoms with Crippen LogP contribution in [0.25, 0.3) is 0 Å². The molecule has 1 rings (SSSR count). The zero-order valence-corrected chi connectivity index (χ0v) is 9.84. The van der Waals surface area contributed by atoms with Crippen molar-refractivity contribution in [2.24, 2.45) is 0 Å². The van der Waals surface area contributed by atoms with E-state index >= 15 is 0 Å². The van der Waals surface area contributed by atoms with Gasteiger partial charge in [-0.3, -0.25) is 10.1 Å². The minimum atomic E-state index is -1.57. The van der Waals surface area contributed by atoms with Gasteiger partial charge in [0.25, 0.3) is 5.54 Å². The van der Waals surface area contributed by atoms with E-state index in [1.54, 1.807) is 0 Å². The highest BCUT2D eigenvalue weighted by Crippen LogP contribution is 2.25. The van der Waals surface area contributed by atoms with Crippen molar-refractivity contribution in [3.63, 3.8) is 0 Å². The van der Waals surface area contributed by atoms with Gasteiger partial charge < -0.3 is 5.11 Å². The molecule has 0 saturated heterocycles. The van der Waals surface area contributed by atoms with E-state index in [9.17, 15) is 14.5 Å². The fourth-order valence-corrected chi connectivity index (χ4v) is 1.23. The summed E-state index contributed by atoms with van der Waals surface area (Å²) in [4.78, 5) is 26.5. The summed E-state index contributed by atoms with van der Waals surface area (Å²) in [7, 11) is 0. The van der Waals surface area contributed by atoms with Crippen LogP contribution in [0.4, 0.5) is 4.39 Å². The highest BCUT2D eigenvalue weighted by Gasteiger charge is 2.38. The summed E-state index contributed by atoms with van der Waals surface area (Å²) in [6.45, 7) is 2.21. The predicted molar refractivity (Wildman–Crippen MR) is 57.6 cm³/mol. The second-order valence-corrected chi connectivity index (χ2v) is 3.74. The van der Waals surface area contributed by atoms with E-state index in [4.69, 9.17) is 14.7 Å². The first-order chi connectivity index (χ1) is 8.33. The number of benzene rings is 1. The summed E-state index contributed by atoms with van der Waals surface area (Å²) in [6, 6.07) is 3.87. The van der Waals surface area contributed by atoms with Gasteiger partial charge in [0.15, 0.2) is 0 Å². The van der Waals surface area contributed by atoms with Gasteiger partial charge in [0, 0.05) is 17.4 Å². The average molecular weight is 257 g/mol. The van der Waals surface area contributed by atoms with Gasteiger partial charge in [-0.05, 0) is 30.7 Å². The zero-order valence-electron chi connectivity index (χ0n) is 9.84. The molecule has 0 bridgehead atoms. The molecule has 7 heteroatoms. The topological polar surface area (TPSA) is 97.5 Å². The van der Waals surface area contributed by atoms with Crippen molar-refractivity contribution in [1.29, 1.82) is 0 Å². The molecule has 0 saturated carbocycles. The standard InChI is InChI=1S/C10H12FNO3.CO2/c1-7-5-8(3-4-9(7)11)10(2,6-13)12(14)15;2-1-3/h3-5,13H,6H2,1-2H3;. The van der Waals surface area contributed by atoms with Gasteiger partial charge in [0.05, 0.1) is 0 Å². The van der Waals surface area contributed by atoms with Gasteiger partial charge in [0.1, 0.15) is 12.4 Å². The van der Waals surface area contributed by atoms with Crippen molar-refractivity contribution in [3.8, 4) is 0 Å². The highest BCUT2D eigenvalue weighted by atomic mass is 19.1.